The van der Waals surface area contributed by atoms with Gasteiger partial charge >= 0.3 is 6.18 Å². The van der Waals surface area contributed by atoms with Gasteiger partial charge in [0.1, 0.15) is 5.69 Å². The van der Waals surface area contributed by atoms with Crippen LogP contribution in [0.5, 0.6) is 0 Å². The lowest BCUT2D eigenvalue weighted by Crippen LogP contribution is -2.39. The number of piperidine rings is 1. The highest BCUT2D eigenvalue weighted by molar-refractivity contribution is 5.46. The zero-order valence-corrected chi connectivity index (χ0v) is 14.5. The average molecular weight is 407 g/mol. The average Bonchev–Trinajstić information content (AvgIpc) is 2.64. The first-order valence-corrected chi connectivity index (χ1v) is 8.50. The second-order valence-corrected chi connectivity index (χ2v) is 6.59. The van der Waals surface area contributed by atoms with Gasteiger partial charge in [0.2, 0.25) is 11.6 Å². The van der Waals surface area contributed by atoms with E-state index in [9.17, 15) is 30.7 Å². The van der Waals surface area contributed by atoms with Gasteiger partial charge in [-0.1, -0.05) is 18.2 Å². The summed E-state index contributed by atoms with van der Waals surface area (Å²) in [6.07, 6.45) is -3.64. The fourth-order valence-electron chi connectivity index (χ4n) is 3.16. The van der Waals surface area contributed by atoms with Crippen molar-refractivity contribution in [2.24, 2.45) is 0 Å². The molecule has 1 aromatic carbocycles. The van der Waals surface area contributed by atoms with E-state index in [2.05, 4.69) is 10.3 Å². The van der Waals surface area contributed by atoms with Crippen LogP contribution in [-0.4, -0.2) is 29.0 Å². The Morgan fingerprint density at radius 3 is 2.18 bits per heavy atom. The summed E-state index contributed by atoms with van der Waals surface area (Å²) >= 11 is 0. The Morgan fingerprint density at radius 1 is 1.00 bits per heavy atom. The van der Waals surface area contributed by atoms with Crippen LogP contribution in [0.25, 0.3) is 0 Å². The lowest BCUT2D eigenvalue weighted by atomic mass is 10.0. The van der Waals surface area contributed by atoms with Crippen LogP contribution in [0.3, 0.4) is 0 Å². The SMILES string of the molecule is Fc1nc(F)c(F)c(NC2CCN(Cc3cccc(C(F)(F)F)c3)CC2)c1F. The van der Waals surface area contributed by atoms with E-state index in [1.807, 2.05) is 4.90 Å². The van der Waals surface area contributed by atoms with Crippen molar-refractivity contribution >= 4 is 5.69 Å². The third-order valence-corrected chi connectivity index (χ3v) is 4.59. The molecule has 0 spiro atoms. The first-order valence-electron chi connectivity index (χ1n) is 8.50. The van der Waals surface area contributed by atoms with Crippen molar-refractivity contribution in [3.63, 3.8) is 0 Å². The van der Waals surface area contributed by atoms with Crippen molar-refractivity contribution in [2.45, 2.75) is 31.6 Å². The molecular weight excluding hydrogens is 391 g/mol. The summed E-state index contributed by atoms with van der Waals surface area (Å²) < 4.78 is 92.1. The van der Waals surface area contributed by atoms with E-state index in [-0.39, 0.29) is 6.54 Å². The number of halogens is 7. The minimum Gasteiger partial charge on any atom is -0.377 e. The summed E-state index contributed by atoms with van der Waals surface area (Å²) in [4.78, 5) is 4.39. The van der Waals surface area contributed by atoms with E-state index in [4.69, 9.17) is 0 Å². The summed E-state index contributed by atoms with van der Waals surface area (Å²) in [6.45, 7) is 1.16. The number of benzene rings is 1. The van der Waals surface area contributed by atoms with Crippen LogP contribution in [0.2, 0.25) is 0 Å². The predicted molar refractivity (Wildman–Crippen MR) is 87.4 cm³/mol. The van der Waals surface area contributed by atoms with Gasteiger partial charge in [0, 0.05) is 25.7 Å². The van der Waals surface area contributed by atoms with Crippen LogP contribution in [-0.2, 0) is 12.7 Å². The number of alkyl halides is 3. The van der Waals surface area contributed by atoms with Gasteiger partial charge in [0.05, 0.1) is 5.56 Å². The lowest BCUT2D eigenvalue weighted by Gasteiger charge is -2.33. The minimum absolute atomic E-state index is 0.290. The number of nitrogens with one attached hydrogen (secondary N) is 1. The molecule has 0 atom stereocenters. The second kappa shape index (κ2) is 7.94. The van der Waals surface area contributed by atoms with Crippen LogP contribution in [0.4, 0.5) is 36.4 Å². The Balaban J connectivity index is 1.60. The number of hydrogen-bond acceptors (Lipinski definition) is 3. The van der Waals surface area contributed by atoms with Crippen LogP contribution < -0.4 is 5.32 Å². The number of nitrogens with zero attached hydrogens (tertiary/aromatic N) is 2. The van der Waals surface area contributed by atoms with Crippen molar-refractivity contribution in [1.82, 2.24) is 9.88 Å². The summed E-state index contributed by atoms with van der Waals surface area (Å²) in [7, 11) is 0. The second-order valence-electron chi connectivity index (χ2n) is 6.59. The van der Waals surface area contributed by atoms with Crippen LogP contribution in [0.1, 0.15) is 24.0 Å². The maximum absolute atomic E-state index is 13.7. The lowest BCUT2D eigenvalue weighted by molar-refractivity contribution is -0.137. The molecule has 1 aliphatic heterocycles. The first-order chi connectivity index (χ1) is 13.1. The molecule has 0 bridgehead atoms. The fourth-order valence-corrected chi connectivity index (χ4v) is 3.16. The first kappa shape index (κ1) is 20.4. The zero-order valence-electron chi connectivity index (χ0n) is 14.5. The molecule has 1 aliphatic rings. The normalized spacial score (nSPS) is 16.4. The molecule has 0 amide bonds. The quantitative estimate of drug-likeness (QED) is 0.587. The smallest absolute Gasteiger partial charge is 0.377 e. The van der Waals surface area contributed by atoms with Crippen molar-refractivity contribution in [3.8, 4) is 0 Å². The van der Waals surface area contributed by atoms with E-state index in [1.165, 1.54) is 6.07 Å². The number of anilines is 1. The van der Waals surface area contributed by atoms with E-state index in [0.29, 0.717) is 31.5 Å². The third kappa shape index (κ3) is 4.54. The van der Waals surface area contributed by atoms with E-state index < -0.39 is 47.0 Å². The van der Waals surface area contributed by atoms with Gasteiger partial charge in [0.25, 0.3) is 11.9 Å². The predicted octanol–water partition coefficient (Wildman–Crippen LogP) is 4.73. The Bertz CT molecular complexity index is 820. The monoisotopic (exact) mass is 407 g/mol. The molecule has 0 unspecified atom stereocenters. The molecular formula is C18H16F7N3. The number of rotatable bonds is 4. The highest BCUT2D eigenvalue weighted by atomic mass is 19.4. The van der Waals surface area contributed by atoms with E-state index in [0.717, 1.165) is 12.1 Å². The molecule has 2 heterocycles. The Labute approximate surface area is 156 Å². The van der Waals surface area contributed by atoms with Crippen molar-refractivity contribution in [1.29, 1.82) is 0 Å². The zero-order chi connectivity index (χ0) is 20.5. The molecule has 0 aliphatic carbocycles. The molecule has 1 aromatic heterocycles. The van der Waals surface area contributed by atoms with Gasteiger partial charge in [0.15, 0.2) is 0 Å². The Morgan fingerprint density at radius 2 is 1.61 bits per heavy atom. The summed E-state index contributed by atoms with van der Waals surface area (Å²) in [5, 5.41) is 2.47. The molecule has 1 N–H and O–H groups in total. The highest BCUT2D eigenvalue weighted by Crippen LogP contribution is 2.30. The maximum atomic E-state index is 13.7. The van der Waals surface area contributed by atoms with E-state index >= 15 is 0 Å². The van der Waals surface area contributed by atoms with E-state index in [1.54, 1.807) is 6.07 Å². The molecule has 2 aromatic rings. The fraction of sp³-hybridized carbons (Fsp3) is 0.389. The van der Waals surface area contributed by atoms with Gasteiger partial charge in [-0.3, -0.25) is 4.90 Å². The molecule has 0 saturated carbocycles. The number of aromatic nitrogens is 1. The number of hydrogen-bond donors (Lipinski definition) is 1. The summed E-state index contributed by atoms with van der Waals surface area (Å²) in [6, 6.07) is 4.56. The van der Waals surface area contributed by atoms with Gasteiger partial charge < -0.3 is 5.32 Å². The van der Waals surface area contributed by atoms with Gasteiger partial charge in [-0.2, -0.15) is 35.7 Å². The standard InChI is InChI=1S/C18H16F7N3/c19-13-15(14(20)17(22)27-16(13)21)26-12-4-6-28(7-5-12)9-10-2-1-3-11(8-10)18(23,24)25/h1-3,8,12H,4-7,9H2,(H,26,27). The third-order valence-electron chi connectivity index (χ3n) is 4.59. The molecule has 3 nitrogen and oxygen atoms in total. The Hall–Kier alpha value is -2.36. The highest BCUT2D eigenvalue weighted by Gasteiger charge is 2.31. The molecule has 1 fully saturated rings. The number of pyridine rings is 1. The molecule has 10 heteroatoms. The Kier molecular flexibility index (Phi) is 5.78. The van der Waals surface area contributed by atoms with Gasteiger partial charge in [-0.25, -0.2) is 0 Å². The van der Waals surface area contributed by atoms with Crippen LogP contribution >= 0.6 is 0 Å². The molecule has 28 heavy (non-hydrogen) atoms. The van der Waals surface area contributed by atoms with Crippen molar-refractivity contribution in [3.05, 3.63) is 58.9 Å². The van der Waals surface area contributed by atoms with Crippen molar-refractivity contribution in [2.75, 3.05) is 18.4 Å². The summed E-state index contributed by atoms with van der Waals surface area (Å²) in [5.41, 5.74) is -1.13. The van der Waals surface area contributed by atoms with Crippen molar-refractivity contribution < 1.29 is 30.7 Å². The van der Waals surface area contributed by atoms with Crippen LogP contribution in [0, 0.1) is 23.5 Å². The van der Waals surface area contributed by atoms with Gasteiger partial charge in [-0.05, 0) is 24.5 Å². The molecule has 3 rings (SSSR count). The maximum Gasteiger partial charge on any atom is 0.416 e. The topological polar surface area (TPSA) is 28.2 Å². The minimum atomic E-state index is -4.42. The largest absolute Gasteiger partial charge is 0.416 e. The van der Waals surface area contributed by atoms with Crippen LogP contribution in [0.15, 0.2) is 24.3 Å². The molecule has 0 radical (unpaired) electrons. The number of likely N-dealkylation sites (tertiary alicyclic amines) is 1. The molecule has 1 saturated heterocycles. The van der Waals surface area contributed by atoms with Gasteiger partial charge in [-0.15, -0.1) is 0 Å². The summed E-state index contributed by atoms with van der Waals surface area (Å²) in [5.74, 6) is -6.65. The molecule has 152 valence electrons.